The summed E-state index contributed by atoms with van der Waals surface area (Å²) in [5.74, 6) is 4.33. The van der Waals surface area contributed by atoms with E-state index in [0.29, 0.717) is 0 Å². The molecule has 3 fully saturated rings. The van der Waals surface area contributed by atoms with Crippen molar-refractivity contribution in [2.24, 2.45) is 23.7 Å². The van der Waals surface area contributed by atoms with Crippen LogP contribution in [0.1, 0.15) is 58.3 Å². The molecule has 3 aliphatic rings. The predicted octanol–water partition coefficient (Wildman–Crippen LogP) is 3.61. The van der Waals surface area contributed by atoms with Crippen LogP contribution in [-0.4, -0.2) is 25.8 Å². The number of unbranched alkanes of at least 4 members (excludes halogenated alkanes) is 1. The number of hydrogen-bond acceptors (Lipinski definition) is 2. The van der Waals surface area contributed by atoms with Gasteiger partial charge in [-0.05, 0) is 68.7 Å². The van der Waals surface area contributed by atoms with Crippen molar-refractivity contribution < 1.29 is 4.74 Å². The maximum Gasteiger partial charge on any atom is 0.0478 e. The summed E-state index contributed by atoms with van der Waals surface area (Å²) in [5.41, 5.74) is 0. The van der Waals surface area contributed by atoms with Crippen LogP contribution in [0.15, 0.2) is 0 Å². The fraction of sp³-hybridized carbons (Fsp3) is 1.00. The van der Waals surface area contributed by atoms with Gasteiger partial charge in [0.15, 0.2) is 0 Å². The van der Waals surface area contributed by atoms with E-state index >= 15 is 0 Å². The summed E-state index contributed by atoms with van der Waals surface area (Å²) in [5, 5.41) is 3.84. The van der Waals surface area contributed by atoms with Crippen molar-refractivity contribution in [3.8, 4) is 0 Å². The molecular weight excluding hydrogens is 234 g/mol. The standard InChI is InChI=1S/C17H31NO/c1-2-3-9-19-10-5-8-18-17-12-13-11-16(17)15-7-4-6-14(13)15/h13-18H,2-12H2,1H3. The second-order valence-electron chi connectivity index (χ2n) is 7.03. The molecule has 0 aromatic heterocycles. The number of hydrogen-bond donors (Lipinski definition) is 1. The summed E-state index contributed by atoms with van der Waals surface area (Å²) >= 11 is 0. The lowest BCUT2D eigenvalue weighted by Crippen LogP contribution is -2.39. The highest BCUT2D eigenvalue weighted by atomic mass is 16.5. The van der Waals surface area contributed by atoms with Crippen molar-refractivity contribution in [1.29, 1.82) is 0 Å². The summed E-state index contributed by atoms with van der Waals surface area (Å²) in [7, 11) is 0. The molecule has 3 rings (SSSR count). The van der Waals surface area contributed by atoms with E-state index in [9.17, 15) is 0 Å². The number of rotatable bonds is 8. The second kappa shape index (κ2) is 6.58. The Morgan fingerprint density at radius 3 is 2.74 bits per heavy atom. The zero-order valence-electron chi connectivity index (χ0n) is 12.6. The van der Waals surface area contributed by atoms with E-state index in [0.717, 1.165) is 49.5 Å². The molecule has 5 atom stereocenters. The highest BCUT2D eigenvalue weighted by Gasteiger charge is 2.53. The van der Waals surface area contributed by atoms with Crippen LogP contribution in [0.2, 0.25) is 0 Å². The van der Waals surface area contributed by atoms with Crippen LogP contribution < -0.4 is 5.32 Å². The number of fused-ring (bicyclic) bond motifs is 5. The molecular formula is C17H31NO. The summed E-state index contributed by atoms with van der Waals surface area (Å²) in [6.45, 7) is 5.28. The highest BCUT2D eigenvalue weighted by Crippen LogP contribution is 2.58. The lowest BCUT2D eigenvalue weighted by Gasteiger charge is -2.32. The molecule has 0 aliphatic heterocycles. The molecule has 19 heavy (non-hydrogen) atoms. The third kappa shape index (κ3) is 3.00. The minimum Gasteiger partial charge on any atom is -0.381 e. The minimum absolute atomic E-state index is 0.847. The zero-order chi connectivity index (χ0) is 13.1. The molecule has 2 bridgehead atoms. The van der Waals surface area contributed by atoms with Crippen molar-refractivity contribution in [2.45, 2.75) is 64.3 Å². The van der Waals surface area contributed by atoms with Crippen LogP contribution in [0.25, 0.3) is 0 Å². The van der Waals surface area contributed by atoms with Gasteiger partial charge >= 0.3 is 0 Å². The molecule has 110 valence electrons. The molecule has 1 N–H and O–H groups in total. The predicted molar refractivity (Wildman–Crippen MR) is 79.2 cm³/mol. The first kappa shape index (κ1) is 13.9. The van der Waals surface area contributed by atoms with Crippen LogP contribution in [-0.2, 0) is 4.74 Å². The molecule has 2 nitrogen and oxygen atoms in total. The first-order valence-corrected chi connectivity index (χ1v) is 8.71. The molecule has 0 heterocycles. The van der Waals surface area contributed by atoms with E-state index in [1.165, 1.54) is 38.5 Å². The van der Waals surface area contributed by atoms with E-state index in [1.54, 1.807) is 12.8 Å². The molecule has 3 saturated carbocycles. The van der Waals surface area contributed by atoms with Crippen LogP contribution in [0.4, 0.5) is 0 Å². The van der Waals surface area contributed by atoms with Gasteiger partial charge in [-0.15, -0.1) is 0 Å². The molecule has 5 unspecified atom stereocenters. The van der Waals surface area contributed by atoms with Crippen molar-refractivity contribution in [3.63, 3.8) is 0 Å². The molecule has 0 saturated heterocycles. The summed E-state index contributed by atoms with van der Waals surface area (Å²) in [4.78, 5) is 0. The Kier molecular flexibility index (Phi) is 4.81. The smallest absolute Gasteiger partial charge is 0.0478 e. The van der Waals surface area contributed by atoms with Crippen LogP contribution in [0.5, 0.6) is 0 Å². The fourth-order valence-electron chi connectivity index (χ4n) is 5.11. The molecule has 0 aromatic carbocycles. The quantitative estimate of drug-likeness (QED) is 0.677. The Labute approximate surface area is 118 Å². The first-order valence-electron chi connectivity index (χ1n) is 8.71. The largest absolute Gasteiger partial charge is 0.381 e. The highest BCUT2D eigenvalue weighted by molar-refractivity contribution is 5.05. The summed E-state index contributed by atoms with van der Waals surface area (Å²) < 4.78 is 5.63. The van der Waals surface area contributed by atoms with Gasteiger partial charge in [0.1, 0.15) is 0 Å². The SMILES string of the molecule is CCCCOCCCNC1CC2CC1C1CCCC21. The van der Waals surface area contributed by atoms with Crippen LogP contribution in [0, 0.1) is 23.7 Å². The van der Waals surface area contributed by atoms with Gasteiger partial charge in [0, 0.05) is 19.3 Å². The maximum absolute atomic E-state index is 5.63. The van der Waals surface area contributed by atoms with Crippen molar-refractivity contribution >= 4 is 0 Å². The molecule has 2 heteroatoms. The van der Waals surface area contributed by atoms with Gasteiger partial charge in [-0.3, -0.25) is 0 Å². The van der Waals surface area contributed by atoms with E-state index in [-0.39, 0.29) is 0 Å². The Morgan fingerprint density at radius 1 is 1.00 bits per heavy atom. The Bertz CT molecular complexity index is 280. The van der Waals surface area contributed by atoms with Gasteiger partial charge < -0.3 is 10.1 Å². The Morgan fingerprint density at radius 2 is 1.84 bits per heavy atom. The number of ether oxygens (including phenoxy) is 1. The average molecular weight is 265 g/mol. The van der Waals surface area contributed by atoms with Gasteiger partial charge in [-0.1, -0.05) is 19.8 Å². The maximum atomic E-state index is 5.63. The van der Waals surface area contributed by atoms with Gasteiger partial charge in [-0.25, -0.2) is 0 Å². The molecule has 3 aliphatic carbocycles. The van der Waals surface area contributed by atoms with E-state index < -0.39 is 0 Å². The summed E-state index contributed by atoms with van der Waals surface area (Å²) in [6, 6.07) is 0.847. The topological polar surface area (TPSA) is 21.3 Å². The molecule has 0 radical (unpaired) electrons. The zero-order valence-corrected chi connectivity index (χ0v) is 12.6. The first-order chi connectivity index (χ1) is 9.40. The van der Waals surface area contributed by atoms with Gasteiger partial charge in [-0.2, -0.15) is 0 Å². The van der Waals surface area contributed by atoms with E-state index in [4.69, 9.17) is 4.74 Å². The van der Waals surface area contributed by atoms with Crippen LogP contribution >= 0.6 is 0 Å². The Hall–Kier alpha value is -0.0800. The third-order valence-corrected chi connectivity index (χ3v) is 5.94. The lowest BCUT2D eigenvalue weighted by atomic mass is 9.79. The molecule has 0 aromatic rings. The molecule has 0 spiro atoms. The second-order valence-corrected chi connectivity index (χ2v) is 7.03. The minimum atomic E-state index is 0.847. The van der Waals surface area contributed by atoms with E-state index in [2.05, 4.69) is 12.2 Å². The Balaban J connectivity index is 1.30. The summed E-state index contributed by atoms with van der Waals surface area (Å²) in [6.07, 6.45) is 11.2. The van der Waals surface area contributed by atoms with Crippen molar-refractivity contribution in [3.05, 3.63) is 0 Å². The van der Waals surface area contributed by atoms with E-state index in [1.807, 2.05) is 0 Å². The molecule has 0 amide bonds. The van der Waals surface area contributed by atoms with Gasteiger partial charge in [0.2, 0.25) is 0 Å². The normalized spacial score (nSPS) is 39.9. The van der Waals surface area contributed by atoms with Gasteiger partial charge in [0.05, 0.1) is 0 Å². The van der Waals surface area contributed by atoms with Gasteiger partial charge in [0.25, 0.3) is 0 Å². The number of nitrogens with one attached hydrogen (secondary N) is 1. The third-order valence-electron chi connectivity index (χ3n) is 5.94. The van der Waals surface area contributed by atoms with Crippen molar-refractivity contribution in [2.75, 3.05) is 19.8 Å². The lowest BCUT2D eigenvalue weighted by molar-refractivity contribution is 0.126. The fourth-order valence-corrected chi connectivity index (χ4v) is 5.11. The average Bonchev–Trinajstić information content (AvgIpc) is 3.09. The van der Waals surface area contributed by atoms with Crippen molar-refractivity contribution in [1.82, 2.24) is 5.32 Å². The monoisotopic (exact) mass is 265 g/mol. The van der Waals surface area contributed by atoms with Crippen LogP contribution in [0.3, 0.4) is 0 Å².